The molecule has 0 N–H and O–H groups in total. The van der Waals surface area contributed by atoms with Crippen molar-refractivity contribution in [1.82, 2.24) is 0 Å². The second kappa shape index (κ2) is 2.84. The lowest BCUT2D eigenvalue weighted by atomic mass is 9.82. The van der Waals surface area contributed by atoms with Gasteiger partial charge in [0.05, 0.1) is 0 Å². The highest BCUT2D eigenvalue weighted by molar-refractivity contribution is 5.90. The average Bonchev–Trinajstić information content (AvgIpc) is 2.24. The van der Waals surface area contributed by atoms with Crippen LogP contribution in [0.3, 0.4) is 0 Å². The largest absolute Gasteiger partial charge is 0.0614 e. The molecule has 0 heteroatoms. The lowest BCUT2D eigenvalue weighted by molar-refractivity contribution is 0.670. The molecule has 1 unspecified atom stereocenters. The van der Waals surface area contributed by atoms with Crippen molar-refractivity contribution in [3.63, 3.8) is 0 Å². The van der Waals surface area contributed by atoms with Crippen LogP contribution in [-0.4, -0.2) is 0 Å². The molecule has 1 aliphatic carbocycles. The molecule has 0 aromatic heterocycles. The van der Waals surface area contributed by atoms with Gasteiger partial charge in [-0.25, -0.2) is 0 Å². The summed E-state index contributed by atoms with van der Waals surface area (Å²) in [5.74, 6) is 0.730. The van der Waals surface area contributed by atoms with Gasteiger partial charge >= 0.3 is 0 Å². The lowest BCUT2D eigenvalue weighted by Crippen LogP contribution is -2.05. The molecule has 0 bridgehead atoms. The molecule has 2 aromatic rings. The highest BCUT2D eigenvalue weighted by Gasteiger charge is 2.17. The zero-order chi connectivity index (χ0) is 9.54. The predicted octanol–water partition coefficient (Wildman–Crippen LogP) is 3.89. The van der Waals surface area contributed by atoms with Gasteiger partial charge in [0.1, 0.15) is 0 Å². The maximum Gasteiger partial charge on any atom is -0.0117 e. The SMILES string of the molecule is CC1CCc2cccc3cccc1c23. The summed E-state index contributed by atoms with van der Waals surface area (Å²) in [4.78, 5) is 0. The predicted molar refractivity (Wildman–Crippen MR) is 60.7 cm³/mol. The fourth-order valence-electron chi connectivity index (χ4n) is 2.60. The normalized spacial score (nSPS) is 19.9. The van der Waals surface area contributed by atoms with E-state index in [4.69, 9.17) is 0 Å². The third-order valence-electron chi connectivity index (χ3n) is 3.40. The van der Waals surface area contributed by atoms with E-state index in [0.29, 0.717) is 0 Å². The van der Waals surface area contributed by atoms with E-state index in [9.17, 15) is 0 Å². The molecular weight excluding hydrogens is 168 g/mol. The Labute approximate surface area is 84.6 Å². The van der Waals surface area contributed by atoms with E-state index in [2.05, 4.69) is 43.3 Å². The molecular formula is C14H14. The summed E-state index contributed by atoms with van der Waals surface area (Å²) in [6, 6.07) is 13.4. The highest BCUT2D eigenvalue weighted by Crippen LogP contribution is 2.35. The summed E-state index contributed by atoms with van der Waals surface area (Å²) in [6.45, 7) is 2.34. The van der Waals surface area contributed by atoms with Crippen LogP contribution >= 0.6 is 0 Å². The van der Waals surface area contributed by atoms with Crippen LogP contribution < -0.4 is 0 Å². The summed E-state index contributed by atoms with van der Waals surface area (Å²) in [5, 5.41) is 2.93. The Hall–Kier alpha value is -1.30. The summed E-state index contributed by atoms with van der Waals surface area (Å²) < 4.78 is 0. The zero-order valence-corrected chi connectivity index (χ0v) is 8.46. The van der Waals surface area contributed by atoms with Crippen LogP contribution in [0.1, 0.15) is 30.4 Å². The molecule has 1 aliphatic rings. The Morgan fingerprint density at radius 1 is 1.07 bits per heavy atom. The quantitative estimate of drug-likeness (QED) is 0.580. The number of aryl methyl sites for hydroxylation is 1. The van der Waals surface area contributed by atoms with Gasteiger partial charge in [0, 0.05) is 0 Å². The monoisotopic (exact) mass is 182 g/mol. The smallest absolute Gasteiger partial charge is 0.0117 e. The van der Waals surface area contributed by atoms with Crippen molar-refractivity contribution >= 4 is 10.8 Å². The van der Waals surface area contributed by atoms with Gasteiger partial charge in [0.2, 0.25) is 0 Å². The molecule has 0 saturated carbocycles. The Morgan fingerprint density at radius 3 is 2.71 bits per heavy atom. The van der Waals surface area contributed by atoms with Crippen molar-refractivity contribution in [2.75, 3.05) is 0 Å². The van der Waals surface area contributed by atoms with Crippen molar-refractivity contribution in [2.24, 2.45) is 0 Å². The first-order valence-corrected chi connectivity index (χ1v) is 5.37. The van der Waals surface area contributed by atoms with Crippen LogP contribution in [0.4, 0.5) is 0 Å². The third-order valence-corrected chi connectivity index (χ3v) is 3.40. The van der Waals surface area contributed by atoms with E-state index in [-0.39, 0.29) is 0 Å². The Bertz CT molecular complexity index is 477. The molecule has 14 heavy (non-hydrogen) atoms. The fraction of sp³-hybridized carbons (Fsp3) is 0.286. The molecule has 0 radical (unpaired) electrons. The van der Waals surface area contributed by atoms with Gasteiger partial charge in [-0.1, -0.05) is 43.3 Å². The minimum atomic E-state index is 0.730. The minimum absolute atomic E-state index is 0.730. The van der Waals surface area contributed by atoms with Crippen LogP contribution in [-0.2, 0) is 6.42 Å². The van der Waals surface area contributed by atoms with E-state index >= 15 is 0 Å². The number of benzene rings is 2. The van der Waals surface area contributed by atoms with Crippen molar-refractivity contribution in [2.45, 2.75) is 25.7 Å². The first kappa shape index (κ1) is 8.05. The van der Waals surface area contributed by atoms with Gasteiger partial charge in [-0.3, -0.25) is 0 Å². The minimum Gasteiger partial charge on any atom is -0.0614 e. The Kier molecular flexibility index (Phi) is 1.63. The van der Waals surface area contributed by atoms with Gasteiger partial charge in [0.15, 0.2) is 0 Å². The molecule has 0 saturated heterocycles. The lowest BCUT2D eigenvalue weighted by Gasteiger charge is -2.22. The van der Waals surface area contributed by atoms with Crippen LogP contribution in [0.25, 0.3) is 10.8 Å². The third kappa shape index (κ3) is 1.00. The van der Waals surface area contributed by atoms with Gasteiger partial charge < -0.3 is 0 Å². The molecule has 0 fully saturated rings. The van der Waals surface area contributed by atoms with Gasteiger partial charge in [0.25, 0.3) is 0 Å². The van der Waals surface area contributed by atoms with Crippen LogP contribution in [0.2, 0.25) is 0 Å². The van der Waals surface area contributed by atoms with Crippen LogP contribution in [0.15, 0.2) is 36.4 Å². The number of rotatable bonds is 0. The maximum atomic E-state index is 2.34. The standard InChI is InChI=1S/C14H14/c1-10-8-9-12-5-2-4-11-6-3-7-13(10)14(11)12/h2-7,10H,8-9H2,1H3. The second-order valence-corrected chi connectivity index (χ2v) is 4.30. The highest BCUT2D eigenvalue weighted by atomic mass is 14.2. The summed E-state index contributed by atoms with van der Waals surface area (Å²) in [5.41, 5.74) is 3.08. The second-order valence-electron chi connectivity index (χ2n) is 4.30. The van der Waals surface area contributed by atoms with Crippen molar-refractivity contribution < 1.29 is 0 Å². The first-order chi connectivity index (χ1) is 6.86. The summed E-state index contributed by atoms with van der Waals surface area (Å²) in [7, 11) is 0. The van der Waals surface area contributed by atoms with Gasteiger partial charge in [-0.15, -0.1) is 0 Å². The topological polar surface area (TPSA) is 0 Å². The number of hydrogen-bond acceptors (Lipinski definition) is 0. The molecule has 0 heterocycles. The average molecular weight is 182 g/mol. The molecule has 0 amide bonds. The van der Waals surface area contributed by atoms with Gasteiger partial charge in [-0.2, -0.15) is 0 Å². The van der Waals surface area contributed by atoms with Crippen molar-refractivity contribution in [1.29, 1.82) is 0 Å². The maximum absolute atomic E-state index is 2.34. The van der Waals surface area contributed by atoms with E-state index in [1.807, 2.05) is 0 Å². The molecule has 0 spiro atoms. The molecule has 70 valence electrons. The van der Waals surface area contributed by atoms with E-state index in [0.717, 1.165) is 5.92 Å². The fourth-order valence-corrected chi connectivity index (χ4v) is 2.60. The molecule has 0 aliphatic heterocycles. The molecule has 2 aromatic carbocycles. The first-order valence-electron chi connectivity index (χ1n) is 5.37. The van der Waals surface area contributed by atoms with Gasteiger partial charge in [-0.05, 0) is 40.7 Å². The Morgan fingerprint density at radius 2 is 1.86 bits per heavy atom. The van der Waals surface area contributed by atoms with E-state index in [1.165, 1.54) is 29.2 Å². The van der Waals surface area contributed by atoms with E-state index < -0.39 is 0 Å². The summed E-state index contributed by atoms with van der Waals surface area (Å²) in [6.07, 6.45) is 2.55. The van der Waals surface area contributed by atoms with Crippen molar-refractivity contribution in [3.8, 4) is 0 Å². The van der Waals surface area contributed by atoms with Crippen molar-refractivity contribution in [3.05, 3.63) is 47.5 Å². The van der Waals surface area contributed by atoms with E-state index in [1.54, 1.807) is 5.56 Å². The molecule has 0 nitrogen and oxygen atoms in total. The Balaban J connectivity index is 2.46. The number of hydrogen-bond donors (Lipinski definition) is 0. The molecule has 3 rings (SSSR count). The summed E-state index contributed by atoms with van der Waals surface area (Å²) >= 11 is 0. The van der Waals surface area contributed by atoms with Crippen LogP contribution in [0, 0.1) is 0 Å². The molecule has 1 atom stereocenters. The van der Waals surface area contributed by atoms with Crippen LogP contribution in [0.5, 0.6) is 0 Å². The zero-order valence-electron chi connectivity index (χ0n) is 8.46.